The van der Waals surface area contributed by atoms with Crippen molar-refractivity contribution >= 4 is 11.8 Å². The largest absolute Gasteiger partial charge is 0.342 e. The first-order valence-electron chi connectivity index (χ1n) is 4.97. The maximum atomic E-state index is 4.03. The summed E-state index contributed by atoms with van der Waals surface area (Å²) < 4.78 is 0. The lowest BCUT2D eigenvalue weighted by Crippen LogP contribution is -2.22. The number of allylic oxidation sites excluding steroid dienone is 1. The van der Waals surface area contributed by atoms with Crippen LogP contribution in [-0.2, 0) is 0 Å². The van der Waals surface area contributed by atoms with Gasteiger partial charge in [0.25, 0.3) is 0 Å². The third-order valence-electron chi connectivity index (χ3n) is 2.59. The SMILES string of the molecule is C=C1C=Cc2ccc(C)cc2N1CC. The molecule has 1 heterocycles. The van der Waals surface area contributed by atoms with Crippen LogP contribution in [-0.4, -0.2) is 6.54 Å². The van der Waals surface area contributed by atoms with Crippen LogP contribution in [0.25, 0.3) is 6.08 Å². The molecule has 2 rings (SSSR count). The smallest absolute Gasteiger partial charge is 0.0486 e. The molecule has 1 nitrogen and oxygen atoms in total. The summed E-state index contributed by atoms with van der Waals surface area (Å²) in [6.45, 7) is 9.28. The van der Waals surface area contributed by atoms with Crippen molar-refractivity contribution in [3.8, 4) is 0 Å². The summed E-state index contributed by atoms with van der Waals surface area (Å²) in [5.74, 6) is 0. The van der Waals surface area contributed by atoms with E-state index in [0.29, 0.717) is 0 Å². The maximum Gasteiger partial charge on any atom is 0.0486 e. The van der Waals surface area contributed by atoms with Crippen molar-refractivity contribution < 1.29 is 0 Å². The Hall–Kier alpha value is -1.50. The predicted octanol–water partition coefficient (Wildman–Crippen LogP) is 3.36. The van der Waals surface area contributed by atoms with Gasteiger partial charge in [-0.2, -0.15) is 0 Å². The molecule has 14 heavy (non-hydrogen) atoms. The second-order valence-electron chi connectivity index (χ2n) is 3.63. The molecule has 0 radical (unpaired) electrons. The Bertz CT molecular complexity index is 402. The van der Waals surface area contributed by atoms with E-state index in [9.17, 15) is 0 Å². The number of benzene rings is 1. The van der Waals surface area contributed by atoms with Crippen molar-refractivity contribution in [2.24, 2.45) is 0 Å². The second kappa shape index (κ2) is 3.33. The summed E-state index contributed by atoms with van der Waals surface area (Å²) >= 11 is 0. The molecule has 1 aliphatic heterocycles. The predicted molar refractivity (Wildman–Crippen MR) is 62.4 cm³/mol. The maximum absolute atomic E-state index is 4.03. The van der Waals surface area contributed by atoms with Crippen molar-refractivity contribution in [1.82, 2.24) is 0 Å². The lowest BCUT2D eigenvalue weighted by atomic mass is 10.0. The molecule has 1 aromatic carbocycles. The fraction of sp³-hybridized carbons (Fsp3) is 0.231. The van der Waals surface area contributed by atoms with Crippen LogP contribution in [0.5, 0.6) is 0 Å². The zero-order valence-electron chi connectivity index (χ0n) is 8.75. The minimum absolute atomic E-state index is 0.972. The number of hydrogen-bond acceptors (Lipinski definition) is 1. The molecular weight excluding hydrogens is 170 g/mol. The number of anilines is 1. The highest BCUT2D eigenvalue weighted by Gasteiger charge is 2.13. The number of hydrogen-bond donors (Lipinski definition) is 0. The summed E-state index contributed by atoms with van der Waals surface area (Å²) in [6.07, 6.45) is 4.20. The van der Waals surface area contributed by atoms with Gasteiger partial charge in [0.05, 0.1) is 0 Å². The Morgan fingerprint density at radius 2 is 2.07 bits per heavy atom. The summed E-state index contributed by atoms with van der Waals surface area (Å²) in [4.78, 5) is 2.24. The van der Waals surface area contributed by atoms with Crippen molar-refractivity contribution in [1.29, 1.82) is 0 Å². The highest BCUT2D eigenvalue weighted by molar-refractivity contribution is 5.76. The highest BCUT2D eigenvalue weighted by atomic mass is 15.1. The summed E-state index contributed by atoms with van der Waals surface area (Å²) in [6, 6.07) is 6.52. The van der Waals surface area contributed by atoms with Gasteiger partial charge in [-0.25, -0.2) is 0 Å². The summed E-state index contributed by atoms with van der Waals surface area (Å²) in [7, 11) is 0. The highest BCUT2D eigenvalue weighted by Crippen LogP contribution is 2.30. The topological polar surface area (TPSA) is 3.24 Å². The molecule has 0 N–H and O–H groups in total. The molecule has 1 aromatic rings. The van der Waals surface area contributed by atoms with E-state index in [2.05, 4.69) is 55.7 Å². The fourth-order valence-corrected chi connectivity index (χ4v) is 1.83. The molecule has 0 spiro atoms. The van der Waals surface area contributed by atoms with Gasteiger partial charge in [-0.3, -0.25) is 0 Å². The molecule has 1 aliphatic rings. The van der Waals surface area contributed by atoms with Crippen LogP contribution in [0.3, 0.4) is 0 Å². The normalized spacial score (nSPS) is 14.4. The van der Waals surface area contributed by atoms with Crippen LogP contribution in [0.4, 0.5) is 5.69 Å². The lowest BCUT2D eigenvalue weighted by Gasteiger charge is -2.28. The zero-order valence-corrected chi connectivity index (χ0v) is 8.75. The minimum atomic E-state index is 0.972. The van der Waals surface area contributed by atoms with E-state index in [1.54, 1.807) is 0 Å². The molecule has 0 unspecified atom stereocenters. The van der Waals surface area contributed by atoms with E-state index < -0.39 is 0 Å². The Balaban J connectivity index is 2.56. The van der Waals surface area contributed by atoms with Crippen molar-refractivity contribution in [3.63, 3.8) is 0 Å². The molecule has 1 heteroatoms. The first-order valence-corrected chi connectivity index (χ1v) is 4.97. The van der Waals surface area contributed by atoms with E-state index in [1.807, 2.05) is 0 Å². The lowest BCUT2D eigenvalue weighted by molar-refractivity contribution is 0.974. The van der Waals surface area contributed by atoms with Gasteiger partial charge in [-0.15, -0.1) is 0 Å². The molecule has 0 aromatic heterocycles. The average Bonchev–Trinajstić information content (AvgIpc) is 2.17. The Morgan fingerprint density at radius 1 is 1.29 bits per heavy atom. The van der Waals surface area contributed by atoms with Crippen molar-refractivity contribution in [2.45, 2.75) is 13.8 Å². The van der Waals surface area contributed by atoms with E-state index >= 15 is 0 Å². The standard InChI is InChI=1S/C13H15N/c1-4-14-11(3)6-8-12-7-5-10(2)9-13(12)14/h5-9H,3-4H2,1-2H3. The molecule has 0 atom stereocenters. The first-order chi connectivity index (χ1) is 6.72. The number of aryl methyl sites for hydroxylation is 1. The third kappa shape index (κ3) is 1.35. The summed E-state index contributed by atoms with van der Waals surface area (Å²) in [5.41, 5.74) is 4.93. The number of rotatable bonds is 1. The van der Waals surface area contributed by atoms with Crippen molar-refractivity contribution in [3.05, 3.63) is 47.7 Å². The molecule has 0 fully saturated rings. The second-order valence-corrected chi connectivity index (χ2v) is 3.63. The van der Waals surface area contributed by atoms with Crippen LogP contribution >= 0.6 is 0 Å². The minimum Gasteiger partial charge on any atom is -0.342 e. The van der Waals surface area contributed by atoms with Gasteiger partial charge in [0.15, 0.2) is 0 Å². The van der Waals surface area contributed by atoms with E-state index in [1.165, 1.54) is 16.8 Å². The van der Waals surface area contributed by atoms with Crippen LogP contribution in [0.15, 0.2) is 36.6 Å². The van der Waals surface area contributed by atoms with Gasteiger partial charge in [-0.1, -0.05) is 24.8 Å². The van der Waals surface area contributed by atoms with Gasteiger partial charge >= 0.3 is 0 Å². The van der Waals surface area contributed by atoms with E-state index in [4.69, 9.17) is 0 Å². The Labute approximate surface area is 85.4 Å². The Kier molecular flexibility index (Phi) is 2.16. The van der Waals surface area contributed by atoms with Crippen LogP contribution in [0.2, 0.25) is 0 Å². The van der Waals surface area contributed by atoms with Gasteiger partial charge < -0.3 is 4.90 Å². The monoisotopic (exact) mass is 185 g/mol. The molecule has 0 saturated heterocycles. The molecule has 0 bridgehead atoms. The Morgan fingerprint density at radius 3 is 2.79 bits per heavy atom. The van der Waals surface area contributed by atoms with Gasteiger partial charge in [0.2, 0.25) is 0 Å². The first kappa shape index (κ1) is 9.07. The number of nitrogens with zero attached hydrogens (tertiary/aromatic N) is 1. The van der Waals surface area contributed by atoms with Crippen LogP contribution < -0.4 is 4.90 Å². The van der Waals surface area contributed by atoms with E-state index in [0.717, 1.165) is 12.2 Å². The molecule has 72 valence electrons. The molecule has 0 aliphatic carbocycles. The van der Waals surface area contributed by atoms with Crippen LogP contribution in [0, 0.1) is 6.92 Å². The number of likely N-dealkylation sites (N-methyl/N-ethyl adjacent to an activating group) is 1. The van der Waals surface area contributed by atoms with Gasteiger partial charge in [0.1, 0.15) is 0 Å². The van der Waals surface area contributed by atoms with Crippen LogP contribution in [0.1, 0.15) is 18.1 Å². The molecule has 0 amide bonds. The van der Waals surface area contributed by atoms with Gasteiger partial charge in [0, 0.05) is 17.9 Å². The average molecular weight is 185 g/mol. The fourth-order valence-electron chi connectivity index (χ4n) is 1.83. The van der Waals surface area contributed by atoms with Gasteiger partial charge in [-0.05, 0) is 37.1 Å². The third-order valence-corrected chi connectivity index (χ3v) is 2.59. The summed E-state index contributed by atoms with van der Waals surface area (Å²) in [5, 5.41) is 0. The molecular formula is C13H15N. The van der Waals surface area contributed by atoms with Crippen molar-refractivity contribution in [2.75, 3.05) is 11.4 Å². The quantitative estimate of drug-likeness (QED) is 0.648. The van der Waals surface area contributed by atoms with E-state index in [-0.39, 0.29) is 0 Å². The molecule has 0 saturated carbocycles. The number of fused-ring (bicyclic) bond motifs is 1. The zero-order chi connectivity index (χ0) is 10.1.